The predicted molar refractivity (Wildman–Crippen MR) is 67.0 cm³/mol. The smallest absolute Gasteiger partial charge is 0.311 e. The third-order valence-corrected chi connectivity index (χ3v) is 3.82. The molecule has 0 radical (unpaired) electrons. The Morgan fingerprint density at radius 1 is 1.65 bits per heavy atom. The standard InChI is InChI=1S/C12H18N2O2S/c1-2-16-11(15)7-9-8-17-12(14-9)10-5-3-4-6-13-10/h8,10,13H,2-7H2,1H3. The first-order valence-electron chi connectivity index (χ1n) is 6.13. The van der Waals surface area contributed by atoms with Crippen molar-refractivity contribution in [2.24, 2.45) is 0 Å². The van der Waals surface area contributed by atoms with E-state index in [2.05, 4.69) is 10.3 Å². The Morgan fingerprint density at radius 3 is 3.24 bits per heavy atom. The molecule has 0 amide bonds. The molecule has 0 saturated carbocycles. The van der Waals surface area contributed by atoms with E-state index in [9.17, 15) is 4.79 Å². The fourth-order valence-corrected chi connectivity index (χ4v) is 2.91. The Kier molecular flexibility index (Phi) is 4.50. The van der Waals surface area contributed by atoms with Gasteiger partial charge in [0.15, 0.2) is 0 Å². The number of thiazole rings is 1. The summed E-state index contributed by atoms with van der Waals surface area (Å²) in [5.41, 5.74) is 0.829. The van der Waals surface area contributed by atoms with Crippen LogP contribution < -0.4 is 5.32 Å². The summed E-state index contributed by atoms with van der Waals surface area (Å²) in [5.74, 6) is -0.194. The first-order chi connectivity index (χ1) is 8.29. The number of hydrogen-bond acceptors (Lipinski definition) is 5. The normalized spacial score (nSPS) is 20.2. The summed E-state index contributed by atoms with van der Waals surface area (Å²) in [6.45, 7) is 3.31. The van der Waals surface area contributed by atoms with Crippen LogP contribution in [0.25, 0.3) is 0 Å². The number of rotatable bonds is 4. The number of hydrogen-bond donors (Lipinski definition) is 1. The highest BCUT2D eigenvalue weighted by Gasteiger charge is 2.18. The maximum Gasteiger partial charge on any atom is 0.311 e. The third-order valence-electron chi connectivity index (χ3n) is 2.81. The minimum Gasteiger partial charge on any atom is -0.466 e. The largest absolute Gasteiger partial charge is 0.466 e. The zero-order valence-corrected chi connectivity index (χ0v) is 10.9. The van der Waals surface area contributed by atoms with Crippen molar-refractivity contribution in [1.82, 2.24) is 10.3 Å². The molecule has 5 heteroatoms. The molecule has 0 aliphatic carbocycles. The zero-order valence-electron chi connectivity index (χ0n) is 10.1. The highest BCUT2D eigenvalue weighted by molar-refractivity contribution is 7.09. The maximum absolute atomic E-state index is 11.3. The van der Waals surface area contributed by atoms with Crippen molar-refractivity contribution < 1.29 is 9.53 Å². The van der Waals surface area contributed by atoms with Crippen LogP contribution in [0.15, 0.2) is 5.38 Å². The number of esters is 1. The molecule has 1 aromatic heterocycles. The van der Waals surface area contributed by atoms with Gasteiger partial charge in [0.05, 0.1) is 24.8 Å². The van der Waals surface area contributed by atoms with Crippen LogP contribution in [0.1, 0.15) is 42.9 Å². The first-order valence-corrected chi connectivity index (χ1v) is 7.01. The van der Waals surface area contributed by atoms with Crippen molar-refractivity contribution >= 4 is 17.3 Å². The van der Waals surface area contributed by atoms with Gasteiger partial charge in [0.2, 0.25) is 0 Å². The number of ether oxygens (including phenoxy) is 1. The van der Waals surface area contributed by atoms with Crippen LogP contribution in [0.5, 0.6) is 0 Å². The number of nitrogens with zero attached hydrogens (tertiary/aromatic N) is 1. The first kappa shape index (κ1) is 12.5. The Hall–Kier alpha value is -0.940. The molecular formula is C12H18N2O2S. The molecular weight excluding hydrogens is 236 g/mol. The molecule has 0 aromatic carbocycles. The minimum absolute atomic E-state index is 0.194. The highest BCUT2D eigenvalue weighted by atomic mass is 32.1. The summed E-state index contributed by atoms with van der Waals surface area (Å²) in [4.78, 5) is 15.8. The lowest BCUT2D eigenvalue weighted by Gasteiger charge is -2.21. The molecule has 1 N–H and O–H groups in total. The van der Waals surface area contributed by atoms with E-state index in [0.29, 0.717) is 12.6 Å². The van der Waals surface area contributed by atoms with Crippen molar-refractivity contribution in [3.63, 3.8) is 0 Å². The SMILES string of the molecule is CCOC(=O)Cc1csc(C2CCCCN2)n1. The van der Waals surface area contributed by atoms with Crippen LogP contribution >= 0.6 is 11.3 Å². The van der Waals surface area contributed by atoms with Gasteiger partial charge < -0.3 is 10.1 Å². The van der Waals surface area contributed by atoms with Crippen molar-refractivity contribution in [2.45, 2.75) is 38.6 Å². The van der Waals surface area contributed by atoms with Gasteiger partial charge in [-0.05, 0) is 26.3 Å². The second-order valence-electron chi connectivity index (χ2n) is 4.16. The van der Waals surface area contributed by atoms with E-state index in [4.69, 9.17) is 4.74 Å². The summed E-state index contributed by atoms with van der Waals surface area (Å²) in [7, 11) is 0. The van der Waals surface area contributed by atoms with E-state index >= 15 is 0 Å². The second kappa shape index (κ2) is 6.12. The molecule has 17 heavy (non-hydrogen) atoms. The lowest BCUT2D eigenvalue weighted by Crippen LogP contribution is -2.26. The number of piperidine rings is 1. The van der Waals surface area contributed by atoms with Gasteiger partial charge in [-0.3, -0.25) is 4.79 Å². The second-order valence-corrected chi connectivity index (χ2v) is 5.05. The average Bonchev–Trinajstić information content (AvgIpc) is 2.79. The topological polar surface area (TPSA) is 51.2 Å². The molecule has 4 nitrogen and oxygen atoms in total. The summed E-state index contributed by atoms with van der Waals surface area (Å²) < 4.78 is 4.91. The van der Waals surface area contributed by atoms with E-state index in [-0.39, 0.29) is 12.4 Å². The fraction of sp³-hybridized carbons (Fsp3) is 0.667. The summed E-state index contributed by atoms with van der Waals surface area (Å²) in [6, 6.07) is 0.379. The molecule has 1 aliphatic rings. The van der Waals surface area contributed by atoms with E-state index in [1.807, 2.05) is 12.3 Å². The van der Waals surface area contributed by atoms with E-state index < -0.39 is 0 Å². The van der Waals surface area contributed by atoms with E-state index in [0.717, 1.165) is 23.7 Å². The van der Waals surface area contributed by atoms with Crippen molar-refractivity contribution in [2.75, 3.05) is 13.2 Å². The van der Waals surface area contributed by atoms with Gasteiger partial charge in [-0.1, -0.05) is 6.42 Å². The van der Waals surface area contributed by atoms with Crippen LogP contribution in [-0.2, 0) is 16.0 Å². The number of nitrogens with one attached hydrogen (secondary N) is 1. The highest BCUT2D eigenvalue weighted by Crippen LogP contribution is 2.25. The van der Waals surface area contributed by atoms with Crippen LogP contribution in [0, 0.1) is 0 Å². The minimum atomic E-state index is -0.194. The number of aromatic nitrogens is 1. The molecule has 1 aliphatic heterocycles. The molecule has 0 bridgehead atoms. The molecule has 2 heterocycles. The lowest BCUT2D eigenvalue weighted by atomic mass is 10.1. The summed E-state index contributed by atoms with van der Waals surface area (Å²) in [6.07, 6.45) is 3.94. The number of carbonyl (C=O) groups excluding carboxylic acids is 1. The fourth-order valence-electron chi connectivity index (χ4n) is 1.99. The summed E-state index contributed by atoms with van der Waals surface area (Å²) in [5, 5.41) is 6.52. The maximum atomic E-state index is 11.3. The van der Waals surface area contributed by atoms with Gasteiger partial charge in [-0.15, -0.1) is 11.3 Å². The van der Waals surface area contributed by atoms with Gasteiger partial charge in [0, 0.05) is 5.38 Å². The quantitative estimate of drug-likeness (QED) is 0.836. The lowest BCUT2D eigenvalue weighted by molar-refractivity contribution is -0.142. The van der Waals surface area contributed by atoms with Crippen LogP contribution in [0.3, 0.4) is 0 Å². The van der Waals surface area contributed by atoms with E-state index in [1.165, 1.54) is 12.8 Å². The molecule has 1 aromatic rings. The van der Waals surface area contributed by atoms with Gasteiger partial charge in [0.1, 0.15) is 5.01 Å². The monoisotopic (exact) mass is 254 g/mol. The molecule has 1 fully saturated rings. The van der Waals surface area contributed by atoms with Gasteiger partial charge in [-0.25, -0.2) is 4.98 Å². The van der Waals surface area contributed by atoms with E-state index in [1.54, 1.807) is 11.3 Å². The van der Waals surface area contributed by atoms with Crippen molar-refractivity contribution in [3.05, 3.63) is 16.1 Å². The molecule has 94 valence electrons. The van der Waals surface area contributed by atoms with Crippen molar-refractivity contribution in [3.8, 4) is 0 Å². The molecule has 1 unspecified atom stereocenters. The Morgan fingerprint density at radius 2 is 2.53 bits per heavy atom. The van der Waals surface area contributed by atoms with Crippen LogP contribution in [0.2, 0.25) is 0 Å². The van der Waals surface area contributed by atoms with Crippen molar-refractivity contribution in [1.29, 1.82) is 0 Å². The molecule has 0 spiro atoms. The Balaban J connectivity index is 1.93. The predicted octanol–water partition coefficient (Wildman–Crippen LogP) is 2.06. The molecule has 2 rings (SSSR count). The summed E-state index contributed by atoms with van der Waals surface area (Å²) >= 11 is 1.63. The molecule has 1 atom stereocenters. The van der Waals surface area contributed by atoms with Gasteiger partial charge in [-0.2, -0.15) is 0 Å². The number of carbonyl (C=O) groups is 1. The third kappa shape index (κ3) is 3.51. The van der Waals surface area contributed by atoms with Crippen LogP contribution in [0.4, 0.5) is 0 Å². The van der Waals surface area contributed by atoms with Gasteiger partial charge >= 0.3 is 5.97 Å². The average molecular weight is 254 g/mol. The Labute approximate surface area is 105 Å². The van der Waals surface area contributed by atoms with Crippen LogP contribution in [-0.4, -0.2) is 24.1 Å². The zero-order chi connectivity index (χ0) is 12.1. The Bertz CT molecular complexity index is 372. The van der Waals surface area contributed by atoms with Gasteiger partial charge in [0.25, 0.3) is 0 Å². The molecule has 1 saturated heterocycles.